The number of ether oxygens (including phenoxy) is 1. The lowest BCUT2D eigenvalue weighted by atomic mass is 10.0. The summed E-state index contributed by atoms with van der Waals surface area (Å²) < 4.78 is 5.19. The van der Waals surface area contributed by atoms with Crippen LogP contribution in [0.2, 0.25) is 0 Å². The molecule has 1 amide bonds. The quantitative estimate of drug-likeness (QED) is 0.360. The van der Waals surface area contributed by atoms with E-state index in [0.717, 1.165) is 47.8 Å². The molecule has 4 aromatic rings. The van der Waals surface area contributed by atoms with E-state index < -0.39 is 0 Å². The van der Waals surface area contributed by atoms with Crippen LogP contribution in [0.1, 0.15) is 36.8 Å². The van der Waals surface area contributed by atoms with E-state index in [2.05, 4.69) is 41.4 Å². The molecule has 0 radical (unpaired) electrons. The Hall–Kier alpha value is -3.73. The van der Waals surface area contributed by atoms with Crippen molar-refractivity contribution in [2.45, 2.75) is 38.3 Å². The van der Waals surface area contributed by atoms with E-state index >= 15 is 0 Å². The highest BCUT2D eigenvalue weighted by molar-refractivity contribution is 6.09. The molecule has 0 bridgehead atoms. The van der Waals surface area contributed by atoms with Crippen molar-refractivity contribution in [1.29, 1.82) is 0 Å². The number of benzene rings is 3. The number of fused-ring (bicyclic) bond motifs is 3. The van der Waals surface area contributed by atoms with Crippen LogP contribution in [0.4, 0.5) is 0 Å². The van der Waals surface area contributed by atoms with Crippen molar-refractivity contribution in [1.82, 2.24) is 9.88 Å². The van der Waals surface area contributed by atoms with E-state index in [-0.39, 0.29) is 17.7 Å². The molecule has 1 heterocycles. The third-order valence-electron chi connectivity index (χ3n) is 6.63. The Balaban J connectivity index is 1.47. The molecule has 2 N–H and O–H groups in total. The van der Waals surface area contributed by atoms with Crippen molar-refractivity contribution < 1.29 is 14.6 Å². The number of carbonyl (C=O) groups is 1. The Labute approximate surface area is 193 Å². The molecule has 0 saturated heterocycles. The van der Waals surface area contributed by atoms with Gasteiger partial charge in [-0.05, 0) is 54.3 Å². The predicted molar refractivity (Wildman–Crippen MR) is 132 cm³/mol. The van der Waals surface area contributed by atoms with Gasteiger partial charge in [-0.1, -0.05) is 49.2 Å². The van der Waals surface area contributed by atoms with Gasteiger partial charge in [-0.3, -0.25) is 4.79 Å². The van der Waals surface area contributed by atoms with Gasteiger partial charge in [0.1, 0.15) is 0 Å². The Bertz CT molecular complexity index is 1330. The highest BCUT2D eigenvalue weighted by atomic mass is 16.5. The summed E-state index contributed by atoms with van der Waals surface area (Å²) in [7, 11) is 1.51. The number of nitrogens with one attached hydrogen (secondary N) is 1. The molecule has 3 aromatic carbocycles. The number of amides is 1. The average Bonchev–Trinajstić information content (AvgIpc) is 3.50. The Morgan fingerprint density at radius 2 is 1.88 bits per heavy atom. The molecule has 0 unspecified atom stereocenters. The van der Waals surface area contributed by atoms with Crippen LogP contribution >= 0.6 is 0 Å². The van der Waals surface area contributed by atoms with E-state index in [1.165, 1.54) is 17.9 Å². The number of carbonyl (C=O) groups excluding carboxylic acids is 1. The number of methoxy groups -OCH3 is 1. The third kappa shape index (κ3) is 4.19. The van der Waals surface area contributed by atoms with Gasteiger partial charge in [0.25, 0.3) is 0 Å². The van der Waals surface area contributed by atoms with Crippen LogP contribution in [0.5, 0.6) is 11.5 Å². The van der Waals surface area contributed by atoms with Gasteiger partial charge in [0.2, 0.25) is 5.91 Å². The van der Waals surface area contributed by atoms with Gasteiger partial charge in [0, 0.05) is 40.5 Å². The number of hydrogen-bond donors (Lipinski definition) is 2. The zero-order valence-corrected chi connectivity index (χ0v) is 18.8. The Kier molecular flexibility index (Phi) is 5.78. The highest BCUT2D eigenvalue weighted by Gasteiger charge is 2.26. The van der Waals surface area contributed by atoms with Crippen molar-refractivity contribution in [2.24, 2.45) is 0 Å². The van der Waals surface area contributed by atoms with Crippen LogP contribution < -0.4 is 4.74 Å². The summed E-state index contributed by atoms with van der Waals surface area (Å²) in [5.74, 6) is 0.481. The lowest BCUT2D eigenvalue weighted by Gasteiger charge is -2.28. The number of nitrogens with zero attached hydrogens (tertiary/aromatic N) is 1. The van der Waals surface area contributed by atoms with Crippen molar-refractivity contribution in [3.05, 3.63) is 77.9 Å². The maximum absolute atomic E-state index is 13.4. The summed E-state index contributed by atoms with van der Waals surface area (Å²) in [4.78, 5) is 18.9. The number of phenols is 1. The predicted octanol–water partition coefficient (Wildman–Crippen LogP) is 6.02. The number of aromatic amines is 1. The SMILES string of the molecule is COc1cc(/C=C/C(=O)N(Cc2cccc3[nH]c4ccccc4c23)C2CCCC2)ccc1O. The second-order valence-electron chi connectivity index (χ2n) is 8.68. The smallest absolute Gasteiger partial charge is 0.247 e. The molecule has 1 saturated carbocycles. The van der Waals surface area contributed by atoms with Crippen LogP contribution in [-0.2, 0) is 11.3 Å². The summed E-state index contributed by atoms with van der Waals surface area (Å²) in [6, 6.07) is 19.9. The van der Waals surface area contributed by atoms with E-state index in [0.29, 0.717) is 12.3 Å². The first-order valence-electron chi connectivity index (χ1n) is 11.5. The maximum Gasteiger partial charge on any atom is 0.247 e. The van der Waals surface area contributed by atoms with E-state index in [9.17, 15) is 9.90 Å². The molecular weight excluding hydrogens is 412 g/mol. The molecule has 1 aliphatic carbocycles. The Morgan fingerprint density at radius 3 is 2.70 bits per heavy atom. The molecule has 1 aliphatic rings. The highest BCUT2D eigenvalue weighted by Crippen LogP contribution is 2.32. The Morgan fingerprint density at radius 1 is 1.09 bits per heavy atom. The summed E-state index contributed by atoms with van der Waals surface area (Å²) in [5.41, 5.74) is 4.17. The molecule has 1 fully saturated rings. The number of H-pyrrole nitrogens is 1. The summed E-state index contributed by atoms with van der Waals surface area (Å²) in [5, 5.41) is 12.2. The number of hydrogen-bond acceptors (Lipinski definition) is 3. The first kappa shape index (κ1) is 21.1. The first-order chi connectivity index (χ1) is 16.1. The zero-order chi connectivity index (χ0) is 22.8. The van der Waals surface area contributed by atoms with Crippen LogP contribution in [0.15, 0.2) is 66.7 Å². The van der Waals surface area contributed by atoms with Crippen LogP contribution in [0.25, 0.3) is 27.9 Å². The molecule has 1 aromatic heterocycles. The summed E-state index contributed by atoms with van der Waals surface area (Å²) in [6.45, 7) is 0.575. The summed E-state index contributed by atoms with van der Waals surface area (Å²) >= 11 is 0. The van der Waals surface area contributed by atoms with Gasteiger partial charge in [-0.25, -0.2) is 0 Å². The fourth-order valence-corrected chi connectivity index (χ4v) is 4.96. The molecule has 0 spiro atoms. The molecule has 5 heteroatoms. The molecule has 0 aliphatic heterocycles. The number of para-hydroxylation sites is 1. The van der Waals surface area contributed by atoms with Crippen molar-refractivity contribution in [2.75, 3.05) is 7.11 Å². The standard InChI is InChI=1S/C28H28N2O3/c1-33-26-17-19(13-15-25(26)31)14-16-27(32)30(21-8-2-3-9-21)18-20-7-6-12-24-28(20)22-10-4-5-11-23(22)29-24/h4-7,10-17,21,29,31H,2-3,8-9,18H2,1H3/b16-14+. The van der Waals surface area contributed by atoms with Gasteiger partial charge in [0.05, 0.1) is 7.11 Å². The fourth-order valence-electron chi connectivity index (χ4n) is 4.96. The molecule has 5 rings (SSSR count). The largest absolute Gasteiger partial charge is 0.504 e. The molecule has 5 nitrogen and oxygen atoms in total. The van der Waals surface area contributed by atoms with Gasteiger partial charge < -0.3 is 19.7 Å². The fraction of sp³-hybridized carbons (Fsp3) is 0.250. The molecule has 33 heavy (non-hydrogen) atoms. The van der Waals surface area contributed by atoms with E-state index in [1.54, 1.807) is 30.4 Å². The van der Waals surface area contributed by atoms with Crippen LogP contribution in [0, 0.1) is 0 Å². The minimum Gasteiger partial charge on any atom is -0.504 e. The third-order valence-corrected chi connectivity index (χ3v) is 6.63. The lowest BCUT2D eigenvalue weighted by Crippen LogP contribution is -2.37. The number of rotatable bonds is 6. The maximum atomic E-state index is 13.4. The number of aromatic hydroxyl groups is 1. The number of aromatic nitrogens is 1. The monoisotopic (exact) mass is 440 g/mol. The van der Waals surface area contributed by atoms with E-state index in [4.69, 9.17) is 4.74 Å². The minimum atomic E-state index is 0.00536. The van der Waals surface area contributed by atoms with Crippen molar-refractivity contribution in [3.8, 4) is 11.5 Å². The lowest BCUT2D eigenvalue weighted by molar-refractivity contribution is -0.128. The normalized spacial score (nSPS) is 14.5. The van der Waals surface area contributed by atoms with Crippen LogP contribution in [0.3, 0.4) is 0 Å². The van der Waals surface area contributed by atoms with E-state index in [1.807, 2.05) is 11.0 Å². The zero-order valence-electron chi connectivity index (χ0n) is 18.8. The van der Waals surface area contributed by atoms with Gasteiger partial charge in [0.15, 0.2) is 11.5 Å². The summed E-state index contributed by atoms with van der Waals surface area (Å²) in [6.07, 6.45) is 7.82. The minimum absolute atomic E-state index is 0.00536. The first-order valence-corrected chi connectivity index (χ1v) is 11.5. The molecular formula is C28H28N2O3. The van der Waals surface area contributed by atoms with Gasteiger partial charge in [-0.2, -0.15) is 0 Å². The van der Waals surface area contributed by atoms with Gasteiger partial charge >= 0.3 is 0 Å². The topological polar surface area (TPSA) is 65.6 Å². The molecule has 168 valence electrons. The van der Waals surface area contributed by atoms with Crippen LogP contribution in [-0.4, -0.2) is 34.0 Å². The second-order valence-corrected chi connectivity index (χ2v) is 8.68. The van der Waals surface area contributed by atoms with Gasteiger partial charge in [-0.15, -0.1) is 0 Å². The van der Waals surface area contributed by atoms with Crippen molar-refractivity contribution in [3.63, 3.8) is 0 Å². The molecule has 0 atom stereocenters. The second kappa shape index (κ2) is 9.02. The van der Waals surface area contributed by atoms with Crippen molar-refractivity contribution >= 4 is 33.8 Å². The average molecular weight is 441 g/mol. The number of phenolic OH excluding ortho intramolecular Hbond substituents is 1.